The highest BCUT2D eigenvalue weighted by Crippen LogP contribution is 2.34. The van der Waals surface area contributed by atoms with Crippen LogP contribution in [-0.4, -0.2) is 36.8 Å². The van der Waals surface area contributed by atoms with E-state index < -0.39 is 0 Å². The van der Waals surface area contributed by atoms with Crippen molar-refractivity contribution in [3.8, 4) is 11.5 Å². The second-order valence-corrected chi connectivity index (χ2v) is 5.97. The fourth-order valence-electron chi connectivity index (χ4n) is 2.09. The van der Waals surface area contributed by atoms with Gasteiger partial charge in [-0.1, -0.05) is 0 Å². The first-order valence-electron chi connectivity index (χ1n) is 7.01. The summed E-state index contributed by atoms with van der Waals surface area (Å²) in [5, 5.41) is 0. The lowest BCUT2D eigenvalue weighted by Crippen LogP contribution is -2.27. The van der Waals surface area contributed by atoms with Crippen LogP contribution in [-0.2, 0) is 11.3 Å². The van der Waals surface area contributed by atoms with Crippen molar-refractivity contribution in [3.05, 3.63) is 42.4 Å². The number of rotatable bonds is 5. The number of carbonyl (C=O) groups excluding carboxylic acids is 1. The SMILES string of the molecule is CN(Cc1ccco1)C(=O)CSc1ccc2c(c1)OCCO2. The largest absolute Gasteiger partial charge is 0.486 e. The van der Waals surface area contributed by atoms with Crippen molar-refractivity contribution in [1.82, 2.24) is 4.90 Å². The molecule has 2 heterocycles. The van der Waals surface area contributed by atoms with Crippen molar-refractivity contribution < 1.29 is 18.7 Å². The van der Waals surface area contributed by atoms with E-state index in [-0.39, 0.29) is 5.91 Å². The van der Waals surface area contributed by atoms with Crippen molar-refractivity contribution in [2.75, 3.05) is 26.0 Å². The first kappa shape index (κ1) is 14.8. The zero-order valence-corrected chi connectivity index (χ0v) is 13.1. The zero-order valence-electron chi connectivity index (χ0n) is 12.3. The van der Waals surface area contributed by atoms with Crippen LogP contribution in [0.1, 0.15) is 5.76 Å². The van der Waals surface area contributed by atoms with Gasteiger partial charge in [0.15, 0.2) is 11.5 Å². The molecule has 22 heavy (non-hydrogen) atoms. The molecule has 5 nitrogen and oxygen atoms in total. The van der Waals surface area contributed by atoms with Gasteiger partial charge >= 0.3 is 0 Å². The van der Waals surface area contributed by atoms with Crippen LogP contribution in [0.2, 0.25) is 0 Å². The molecule has 0 bridgehead atoms. The molecule has 0 N–H and O–H groups in total. The van der Waals surface area contributed by atoms with Crippen LogP contribution in [0.4, 0.5) is 0 Å². The van der Waals surface area contributed by atoms with E-state index >= 15 is 0 Å². The predicted octanol–water partition coefficient (Wildman–Crippen LogP) is 2.80. The smallest absolute Gasteiger partial charge is 0.233 e. The average molecular weight is 319 g/mol. The van der Waals surface area contributed by atoms with Crippen LogP contribution < -0.4 is 9.47 Å². The molecule has 0 fully saturated rings. The summed E-state index contributed by atoms with van der Waals surface area (Å²) < 4.78 is 16.3. The second-order valence-electron chi connectivity index (χ2n) is 4.92. The Labute approximate surface area is 133 Å². The molecule has 1 aliphatic rings. The average Bonchev–Trinajstić information content (AvgIpc) is 3.05. The van der Waals surface area contributed by atoms with E-state index in [4.69, 9.17) is 13.9 Å². The lowest BCUT2D eigenvalue weighted by molar-refractivity contribution is -0.127. The van der Waals surface area contributed by atoms with E-state index in [2.05, 4.69) is 0 Å². The molecule has 0 saturated carbocycles. The molecule has 0 atom stereocenters. The van der Waals surface area contributed by atoms with Gasteiger partial charge in [-0.3, -0.25) is 4.79 Å². The third-order valence-electron chi connectivity index (χ3n) is 3.27. The van der Waals surface area contributed by atoms with E-state index in [0.29, 0.717) is 25.5 Å². The minimum Gasteiger partial charge on any atom is -0.486 e. The summed E-state index contributed by atoms with van der Waals surface area (Å²) in [4.78, 5) is 14.8. The minimum absolute atomic E-state index is 0.0521. The number of benzene rings is 1. The molecule has 1 aromatic heterocycles. The predicted molar refractivity (Wildman–Crippen MR) is 83.3 cm³/mol. The summed E-state index contributed by atoms with van der Waals surface area (Å²) in [6.45, 7) is 1.62. The molecule has 116 valence electrons. The van der Waals surface area contributed by atoms with Crippen molar-refractivity contribution in [2.45, 2.75) is 11.4 Å². The molecule has 1 aromatic carbocycles. The lowest BCUT2D eigenvalue weighted by atomic mass is 10.3. The Kier molecular flexibility index (Phi) is 4.58. The van der Waals surface area contributed by atoms with Crippen molar-refractivity contribution in [3.63, 3.8) is 0 Å². The second kappa shape index (κ2) is 6.79. The molecule has 0 radical (unpaired) electrons. The summed E-state index contributed by atoms with van der Waals surface area (Å²) in [6.07, 6.45) is 1.61. The Bertz CT molecular complexity index is 642. The van der Waals surface area contributed by atoms with Crippen LogP contribution in [0.25, 0.3) is 0 Å². The van der Waals surface area contributed by atoms with Gasteiger partial charge in [-0.15, -0.1) is 11.8 Å². The van der Waals surface area contributed by atoms with E-state index in [1.807, 2.05) is 30.3 Å². The van der Waals surface area contributed by atoms with Crippen molar-refractivity contribution >= 4 is 17.7 Å². The summed E-state index contributed by atoms with van der Waals surface area (Å²) in [5.74, 6) is 2.71. The Morgan fingerprint density at radius 3 is 2.82 bits per heavy atom. The molecule has 2 aromatic rings. The monoisotopic (exact) mass is 319 g/mol. The molecule has 0 aliphatic carbocycles. The maximum atomic E-state index is 12.1. The number of amides is 1. The maximum absolute atomic E-state index is 12.1. The number of ether oxygens (including phenoxy) is 2. The van der Waals surface area contributed by atoms with Crippen LogP contribution in [0.3, 0.4) is 0 Å². The first-order valence-corrected chi connectivity index (χ1v) is 8.00. The molecule has 0 saturated heterocycles. The van der Waals surface area contributed by atoms with Gasteiger partial charge in [0.2, 0.25) is 5.91 Å². The third-order valence-corrected chi connectivity index (χ3v) is 4.25. The fourth-order valence-corrected chi connectivity index (χ4v) is 2.96. The van der Waals surface area contributed by atoms with Crippen LogP contribution >= 0.6 is 11.8 Å². The molecule has 0 spiro atoms. The highest BCUT2D eigenvalue weighted by Gasteiger charge is 2.14. The van der Waals surface area contributed by atoms with Crippen molar-refractivity contribution in [1.29, 1.82) is 0 Å². The van der Waals surface area contributed by atoms with E-state index in [9.17, 15) is 4.79 Å². The number of hydrogen-bond donors (Lipinski definition) is 0. The quantitative estimate of drug-likeness (QED) is 0.793. The first-order chi connectivity index (χ1) is 10.7. The van der Waals surface area contributed by atoms with E-state index in [1.54, 1.807) is 18.2 Å². The normalized spacial score (nSPS) is 13.0. The summed E-state index contributed by atoms with van der Waals surface area (Å²) in [5.41, 5.74) is 0. The molecule has 3 rings (SSSR count). The van der Waals surface area contributed by atoms with Gasteiger partial charge in [0.05, 0.1) is 18.6 Å². The number of nitrogens with zero attached hydrogens (tertiary/aromatic N) is 1. The van der Waals surface area contributed by atoms with Gasteiger partial charge in [-0.25, -0.2) is 0 Å². The Morgan fingerprint density at radius 2 is 2.05 bits per heavy atom. The molecular formula is C16H17NO4S. The number of fused-ring (bicyclic) bond motifs is 1. The zero-order chi connectivity index (χ0) is 15.4. The van der Waals surface area contributed by atoms with Crippen molar-refractivity contribution in [2.24, 2.45) is 0 Å². The third kappa shape index (κ3) is 3.57. The summed E-state index contributed by atoms with van der Waals surface area (Å²) in [6, 6.07) is 9.42. The lowest BCUT2D eigenvalue weighted by Gasteiger charge is -2.19. The molecular weight excluding hydrogens is 302 g/mol. The van der Waals surface area contributed by atoms with E-state index in [1.165, 1.54) is 11.8 Å². The Balaban J connectivity index is 1.54. The van der Waals surface area contributed by atoms with Crippen LogP contribution in [0.15, 0.2) is 45.9 Å². The summed E-state index contributed by atoms with van der Waals surface area (Å²) >= 11 is 1.48. The number of hydrogen-bond acceptors (Lipinski definition) is 5. The topological polar surface area (TPSA) is 51.9 Å². The van der Waals surface area contributed by atoms with Crippen LogP contribution in [0.5, 0.6) is 11.5 Å². The number of thioether (sulfide) groups is 1. The van der Waals surface area contributed by atoms with Gasteiger partial charge in [-0.2, -0.15) is 0 Å². The maximum Gasteiger partial charge on any atom is 0.233 e. The summed E-state index contributed by atoms with van der Waals surface area (Å²) in [7, 11) is 1.77. The number of furan rings is 1. The van der Waals surface area contributed by atoms with Crippen LogP contribution in [0, 0.1) is 0 Å². The van der Waals surface area contributed by atoms with Gasteiger partial charge in [-0.05, 0) is 30.3 Å². The molecule has 1 aliphatic heterocycles. The van der Waals surface area contributed by atoms with Gasteiger partial charge < -0.3 is 18.8 Å². The molecule has 6 heteroatoms. The van der Waals surface area contributed by atoms with Gasteiger partial charge in [0.1, 0.15) is 19.0 Å². The highest BCUT2D eigenvalue weighted by atomic mass is 32.2. The number of carbonyl (C=O) groups is 1. The standard InChI is InChI=1S/C16H17NO4S/c1-17(10-12-3-2-6-19-12)16(18)11-22-13-4-5-14-15(9-13)21-8-7-20-14/h2-6,9H,7-8,10-11H2,1H3. The molecule has 1 amide bonds. The minimum atomic E-state index is 0.0521. The highest BCUT2D eigenvalue weighted by molar-refractivity contribution is 8.00. The Morgan fingerprint density at radius 1 is 1.23 bits per heavy atom. The van der Waals surface area contributed by atoms with E-state index in [0.717, 1.165) is 22.2 Å². The van der Waals surface area contributed by atoms with Gasteiger partial charge in [0.25, 0.3) is 0 Å². The fraction of sp³-hybridized carbons (Fsp3) is 0.312. The molecule has 0 unspecified atom stereocenters. The van der Waals surface area contributed by atoms with Gasteiger partial charge in [0, 0.05) is 11.9 Å². The Hall–Kier alpha value is -2.08.